The fourth-order valence-electron chi connectivity index (χ4n) is 4.10. The molecule has 3 aromatic rings. The minimum Gasteiger partial charge on any atom is -0.495 e. The summed E-state index contributed by atoms with van der Waals surface area (Å²) < 4.78 is 61.8. The van der Waals surface area contributed by atoms with Crippen molar-refractivity contribution in [3.8, 4) is 5.75 Å². The van der Waals surface area contributed by atoms with Gasteiger partial charge in [0.1, 0.15) is 16.5 Å². The first-order valence-corrected chi connectivity index (χ1v) is 12.0. The summed E-state index contributed by atoms with van der Waals surface area (Å²) in [6.07, 6.45) is 2.65. The summed E-state index contributed by atoms with van der Waals surface area (Å²) in [5.74, 6) is 0.408. The molecule has 32 heavy (non-hydrogen) atoms. The number of piperidine rings is 1. The molecule has 0 amide bonds. The number of hydrogen-bond donors (Lipinski definition) is 1. The van der Waals surface area contributed by atoms with Crippen molar-refractivity contribution in [3.05, 3.63) is 48.3 Å². The Labute approximate surface area is 186 Å². The predicted molar refractivity (Wildman–Crippen MR) is 119 cm³/mol. The average molecular weight is 465 g/mol. The quantitative estimate of drug-likeness (QED) is 0.544. The second-order valence-corrected chi connectivity index (χ2v) is 9.71. The van der Waals surface area contributed by atoms with Crippen LogP contribution >= 0.6 is 0 Å². The SMILES string of the molecule is COc1ccc(NC(C)c2nc3ccccc3n2C(F)F)cc1S(=O)(=O)N1CCCCC1. The lowest BCUT2D eigenvalue weighted by Crippen LogP contribution is -2.35. The lowest BCUT2D eigenvalue weighted by molar-refractivity contribution is 0.0708. The van der Waals surface area contributed by atoms with E-state index in [1.54, 1.807) is 43.3 Å². The van der Waals surface area contributed by atoms with Crippen molar-refractivity contribution in [2.75, 3.05) is 25.5 Å². The van der Waals surface area contributed by atoms with Crippen molar-refractivity contribution in [3.63, 3.8) is 0 Å². The summed E-state index contributed by atoms with van der Waals surface area (Å²) in [6, 6.07) is 10.8. The number of para-hydroxylation sites is 2. The van der Waals surface area contributed by atoms with Gasteiger partial charge in [0.25, 0.3) is 0 Å². The number of halogens is 2. The van der Waals surface area contributed by atoms with Gasteiger partial charge in [-0.2, -0.15) is 13.1 Å². The number of hydrogen-bond acceptors (Lipinski definition) is 5. The highest BCUT2D eigenvalue weighted by atomic mass is 32.2. The van der Waals surface area contributed by atoms with E-state index in [1.165, 1.54) is 17.5 Å². The minimum atomic E-state index is -3.74. The van der Waals surface area contributed by atoms with Crippen LogP contribution < -0.4 is 10.1 Å². The topological polar surface area (TPSA) is 76.5 Å². The maximum atomic E-state index is 13.8. The number of methoxy groups -OCH3 is 1. The maximum absolute atomic E-state index is 13.8. The number of alkyl halides is 2. The molecule has 0 spiro atoms. The number of fused-ring (bicyclic) bond motifs is 1. The Balaban J connectivity index is 1.68. The molecular formula is C22H26F2N4O3S. The summed E-state index contributed by atoms with van der Waals surface area (Å²) in [5, 5.41) is 3.13. The summed E-state index contributed by atoms with van der Waals surface area (Å²) in [5.41, 5.74) is 1.29. The summed E-state index contributed by atoms with van der Waals surface area (Å²) >= 11 is 0. The molecule has 0 bridgehead atoms. The smallest absolute Gasteiger partial charge is 0.320 e. The fraction of sp³-hybridized carbons (Fsp3) is 0.409. The number of aromatic nitrogens is 2. The Bertz CT molecular complexity index is 1210. The van der Waals surface area contributed by atoms with Crippen LogP contribution in [0, 0.1) is 0 Å². The van der Waals surface area contributed by atoms with E-state index < -0.39 is 22.6 Å². The van der Waals surface area contributed by atoms with Gasteiger partial charge in [-0.3, -0.25) is 4.57 Å². The number of anilines is 1. The molecule has 0 aliphatic carbocycles. The standard InChI is InChI=1S/C22H26F2N4O3S/c1-15(21-26-17-8-4-5-9-18(17)28(21)22(23)24)25-16-10-11-19(31-2)20(14-16)32(29,30)27-12-6-3-7-13-27/h4-5,8-11,14-15,22,25H,3,6-7,12-13H2,1-2H3. The molecule has 1 fully saturated rings. The van der Waals surface area contributed by atoms with Crippen LogP contribution in [-0.4, -0.2) is 42.5 Å². The van der Waals surface area contributed by atoms with Crippen LogP contribution in [0.4, 0.5) is 14.5 Å². The highest BCUT2D eigenvalue weighted by molar-refractivity contribution is 7.89. The number of nitrogens with zero attached hydrogens (tertiary/aromatic N) is 3. The molecule has 1 unspecified atom stereocenters. The van der Waals surface area contributed by atoms with Gasteiger partial charge in [-0.05, 0) is 50.1 Å². The molecule has 10 heteroatoms. The number of rotatable bonds is 7. The van der Waals surface area contributed by atoms with E-state index in [9.17, 15) is 17.2 Å². The molecule has 2 aromatic carbocycles. The van der Waals surface area contributed by atoms with E-state index in [4.69, 9.17) is 4.74 Å². The summed E-state index contributed by atoms with van der Waals surface area (Å²) in [6.45, 7) is -0.105. The van der Waals surface area contributed by atoms with Gasteiger partial charge in [0.15, 0.2) is 0 Å². The van der Waals surface area contributed by atoms with Gasteiger partial charge >= 0.3 is 6.55 Å². The van der Waals surface area contributed by atoms with Gasteiger partial charge < -0.3 is 10.1 Å². The van der Waals surface area contributed by atoms with Crippen LogP contribution in [0.3, 0.4) is 0 Å². The van der Waals surface area contributed by atoms with Gasteiger partial charge in [-0.15, -0.1) is 0 Å². The molecule has 7 nitrogen and oxygen atoms in total. The van der Waals surface area contributed by atoms with Crippen LogP contribution in [0.1, 0.15) is 44.6 Å². The van der Waals surface area contributed by atoms with Gasteiger partial charge in [0, 0.05) is 18.8 Å². The van der Waals surface area contributed by atoms with Crippen LogP contribution in [0.25, 0.3) is 11.0 Å². The maximum Gasteiger partial charge on any atom is 0.320 e. The van der Waals surface area contributed by atoms with Crippen molar-refractivity contribution in [2.24, 2.45) is 0 Å². The molecule has 1 aromatic heterocycles. The van der Waals surface area contributed by atoms with Crippen molar-refractivity contribution < 1.29 is 21.9 Å². The second-order valence-electron chi connectivity index (χ2n) is 7.80. The molecule has 1 saturated heterocycles. The van der Waals surface area contributed by atoms with Crippen molar-refractivity contribution >= 4 is 26.7 Å². The van der Waals surface area contributed by atoms with E-state index >= 15 is 0 Å². The third-order valence-electron chi connectivity index (χ3n) is 5.69. The second kappa shape index (κ2) is 9.03. The first-order valence-electron chi connectivity index (χ1n) is 10.5. The molecule has 0 radical (unpaired) electrons. The van der Waals surface area contributed by atoms with E-state index in [0.29, 0.717) is 29.8 Å². The third-order valence-corrected chi connectivity index (χ3v) is 7.61. The van der Waals surface area contributed by atoms with Crippen molar-refractivity contribution in [1.29, 1.82) is 0 Å². The van der Waals surface area contributed by atoms with Gasteiger partial charge in [-0.25, -0.2) is 13.4 Å². The Morgan fingerprint density at radius 2 is 1.81 bits per heavy atom. The number of imidazole rings is 1. The van der Waals surface area contributed by atoms with E-state index in [-0.39, 0.29) is 16.5 Å². The Hall–Kier alpha value is -2.72. The normalized spacial score (nSPS) is 16.4. The molecule has 2 heterocycles. The molecule has 1 N–H and O–H groups in total. The first-order chi connectivity index (χ1) is 15.3. The summed E-state index contributed by atoms with van der Waals surface area (Å²) in [7, 11) is -2.32. The monoisotopic (exact) mass is 464 g/mol. The minimum absolute atomic E-state index is 0.0569. The van der Waals surface area contributed by atoms with E-state index in [2.05, 4.69) is 10.3 Å². The average Bonchev–Trinajstić information content (AvgIpc) is 3.20. The molecule has 1 aliphatic heterocycles. The lowest BCUT2D eigenvalue weighted by atomic mass is 10.2. The zero-order chi connectivity index (χ0) is 22.9. The third kappa shape index (κ3) is 4.16. The van der Waals surface area contributed by atoms with Crippen LogP contribution in [0.5, 0.6) is 5.75 Å². The molecule has 172 valence electrons. The van der Waals surface area contributed by atoms with Crippen LogP contribution in [0.15, 0.2) is 47.4 Å². The Morgan fingerprint density at radius 3 is 2.50 bits per heavy atom. The van der Waals surface area contributed by atoms with Crippen molar-refractivity contribution in [2.45, 2.75) is 43.7 Å². The first kappa shape index (κ1) is 22.5. The van der Waals surface area contributed by atoms with Gasteiger partial charge in [-0.1, -0.05) is 18.6 Å². The molecular weight excluding hydrogens is 438 g/mol. The number of ether oxygens (including phenoxy) is 1. The van der Waals surface area contributed by atoms with Gasteiger partial charge in [0.05, 0.1) is 24.2 Å². The highest BCUT2D eigenvalue weighted by Gasteiger charge is 2.29. The van der Waals surface area contributed by atoms with E-state index in [1.807, 2.05) is 0 Å². The van der Waals surface area contributed by atoms with Crippen LogP contribution in [0.2, 0.25) is 0 Å². The predicted octanol–water partition coefficient (Wildman–Crippen LogP) is 4.79. The Morgan fingerprint density at radius 1 is 1.09 bits per heavy atom. The lowest BCUT2D eigenvalue weighted by Gasteiger charge is -2.27. The molecule has 1 aliphatic rings. The molecule has 1 atom stereocenters. The Kier molecular flexibility index (Phi) is 6.34. The fourth-order valence-corrected chi connectivity index (χ4v) is 5.80. The van der Waals surface area contributed by atoms with Gasteiger partial charge in [0.2, 0.25) is 10.0 Å². The molecule has 0 saturated carbocycles. The van der Waals surface area contributed by atoms with Crippen molar-refractivity contribution in [1.82, 2.24) is 13.9 Å². The zero-order valence-corrected chi connectivity index (χ0v) is 18.8. The van der Waals surface area contributed by atoms with Crippen LogP contribution in [-0.2, 0) is 10.0 Å². The highest BCUT2D eigenvalue weighted by Crippen LogP contribution is 2.33. The number of nitrogens with one attached hydrogen (secondary N) is 1. The molecule has 4 rings (SSSR count). The zero-order valence-electron chi connectivity index (χ0n) is 18.0. The number of sulfonamides is 1. The number of benzene rings is 2. The van der Waals surface area contributed by atoms with E-state index in [0.717, 1.165) is 23.8 Å². The summed E-state index contributed by atoms with van der Waals surface area (Å²) in [4.78, 5) is 4.43. The largest absolute Gasteiger partial charge is 0.495 e.